The van der Waals surface area contributed by atoms with Crippen molar-refractivity contribution in [2.24, 2.45) is 5.92 Å². The van der Waals surface area contributed by atoms with E-state index in [-0.39, 0.29) is 5.91 Å². The third kappa shape index (κ3) is 4.90. The summed E-state index contributed by atoms with van der Waals surface area (Å²) in [5.74, 6) is 0.688. The van der Waals surface area contributed by atoms with Crippen molar-refractivity contribution < 1.29 is 4.79 Å². The van der Waals surface area contributed by atoms with Crippen LogP contribution < -0.4 is 10.6 Å². The topological polar surface area (TPSA) is 44.4 Å². The average Bonchev–Trinajstić information content (AvgIpc) is 2.52. The summed E-state index contributed by atoms with van der Waals surface area (Å²) in [5, 5.41) is 6.25. The van der Waals surface area contributed by atoms with Gasteiger partial charge in [0, 0.05) is 24.3 Å². The number of likely N-dealkylation sites (tertiary alicyclic amines) is 1. The fourth-order valence-corrected chi connectivity index (χ4v) is 2.53. The minimum absolute atomic E-state index is 0.0585. The molecule has 1 amide bonds. The monoisotopic (exact) mass is 287 g/mol. The molecule has 114 valence electrons. The Morgan fingerprint density at radius 2 is 2.00 bits per heavy atom. The second kappa shape index (κ2) is 7.84. The molecule has 1 heterocycles. The highest BCUT2D eigenvalue weighted by molar-refractivity contribution is 5.94. The highest BCUT2D eigenvalue weighted by atomic mass is 16.1. The van der Waals surface area contributed by atoms with E-state index in [4.69, 9.17) is 0 Å². The van der Waals surface area contributed by atoms with Gasteiger partial charge in [0.2, 0.25) is 0 Å². The number of nitrogens with zero attached hydrogens (tertiary/aromatic N) is 1. The Kier molecular flexibility index (Phi) is 5.81. The first kappa shape index (κ1) is 15.6. The Morgan fingerprint density at radius 1 is 1.33 bits per heavy atom. The van der Waals surface area contributed by atoms with Crippen LogP contribution in [0.15, 0.2) is 36.9 Å². The van der Waals surface area contributed by atoms with Crippen LogP contribution in [0.1, 0.15) is 23.2 Å². The lowest BCUT2D eigenvalue weighted by atomic mass is 9.97. The maximum Gasteiger partial charge on any atom is 0.251 e. The zero-order chi connectivity index (χ0) is 15.1. The minimum Gasteiger partial charge on any atom is -0.385 e. The normalized spacial score (nSPS) is 16.4. The Labute approximate surface area is 127 Å². The molecule has 0 spiro atoms. The first-order chi connectivity index (χ1) is 10.2. The molecule has 0 aliphatic carbocycles. The summed E-state index contributed by atoms with van der Waals surface area (Å²) in [6.45, 7) is 7.47. The van der Waals surface area contributed by atoms with E-state index in [1.54, 1.807) is 6.08 Å². The number of piperidine rings is 1. The molecule has 1 fully saturated rings. The van der Waals surface area contributed by atoms with Gasteiger partial charge in [0.25, 0.3) is 5.91 Å². The molecule has 4 heteroatoms. The van der Waals surface area contributed by atoms with Crippen molar-refractivity contribution in [3.63, 3.8) is 0 Å². The summed E-state index contributed by atoms with van der Waals surface area (Å²) >= 11 is 0. The molecule has 0 aromatic heterocycles. The van der Waals surface area contributed by atoms with Gasteiger partial charge in [-0.2, -0.15) is 0 Å². The van der Waals surface area contributed by atoms with Crippen LogP contribution in [0.4, 0.5) is 5.69 Å². The molecule has 0 atom stereocenters. The van der Waals surface area contributed by atoms with E-state index in [0.717, 1.165) is 18.2 Å². The summed E-state index contributed by atoms with van der Waals surface area (Å²) in [5.41, 5.74) is 1.76. The van der Waals surface area contributed by atoms with Gasteiger partial charge >= 0.3 is 0 Å². The van der Waals surface area contributed by atoms with Gasteiger partial charge < -0.3 is 15.5 Å². The Bertz CT molecular complexity index is 461. The largest absolute Gasteiger partial charge is 0.385 e. The van der Waals surface area contributed by atoms with Gasteiger partial charge in [0.15, 0.2) is 0 Å². The molecule has 1 saturated heterocycles. The molecule has 2 N–H and O–H groups in total. The molecule has 0 bridgehead atoms. The van der Waals surface area contributed by atoms with E-state index in [2.05, 4.69) is 29.2 Å². The molecular formula is C17H25N3O. The van der Waals surface area contributed by atoms with Gasteiger partial charge in [-0.3, -0.25) is 4.79 Å². The van der Waals surface area contributed by atoms with Gasteiger partial charge in [0.05, 0.1) is 0 Å². The summed E-state index contributed by atoms with van der Waals surface area (Å²) in [7, 11) is 2.18. The molecule has 21 heavy (non-hydrogen) atoms. The lowest BCUT2D eigenvalue weighted by molar-refractivity contribution is 0.0958. The Morgan fingerprint density at radius 3 is 2.62 bits per heavy atom. The van der Waals surface area contributed by atoms with Crippen molar-refractivity contribution >= 4 is 11.6 Å². The zero-order valence-corrected chi connectivity index (χ0v) is 12.8. The lowest BCUT2D eigenvalue weighted by Gasteiger charge is -2.29. The number of hydrogen-bond acceptors (Lipinski definition) is 3. The number of amides is 1. The van der Waals surface area contributed by atoms with E-state index in [1.165, 1.54) is 25.9 Å². The molecule has 1 aliphatic rings. The highest BCUT2D eigenvalue weighted by Gasteiger charge is 2.16. The summed E-state index contributed by atoms with van der Waals surface area (Å²) in [6.07, 6.45) is 4.19. The van der Waals surface area contributed by atoms with E-state index < -0.39 is 0 Å². The molecule has 0 saturated carbocycles. The van der Waals surface area contributed by atoms with Crippen LogP contribution in [-0.2, 0) is 0 Å². The predicted molar refractivity (Wildman–Crippen MR) is 87.7 cm³/mol. The SMILES string of the molecule is C=CCNC(=O)c1ccc(NCC2CCN(C)CC2)cc1. The zero-order valence-electron chi connectivity index (χ0n) is 12.8. The van der Waals surface area contributed by atoms with Crippen LogP contribution in [0, 0.1) is 5.92 Å². The number of anilines is 1. The van der Waals surface area contributed by atoms with Crippen LogP contribution >= 0.6 is 0 Å². The van der Waals surface area contributed by atoms with E-state index in [9.17, 15) is 4.79 Å². The summed E-state index contributed by atoms with van der Waals surface area (Å²) < 4.78 is 0. The van der Waals surface area contributed by atoms with Gasteiger partial charge in [-0.1, -0.05) is 6.08 Å². The molecular weight excluding hydrogens is 262 g/mol. The average molecular weight is 287 g/mol. The number of nitrogens with one attached hydrogen (secondary N) is 2. The molecule has 1 aromatic rings. The van der Waals surface area contributed by atoms with Gasteiger partial charge in [-0.25, -0.2) is 0 Å². The van der Waals surface area contributed by atoms with Gasteiger partial charge in [-0.15, -0.1) is 6.58 Å². The van der Waals surface area contributed by atoms with Crippen LogP contribution in [0.3, 0.4) is 0 Å². The van der Waals surface area contributed by atoms with Crippen LogP contribution in [0.25, 0.3) is 0 Å². The number of hydrogen-bond donors (Lipinski definition) is 2. The maximum atomic E-state index is 11.8. The van der Waals surface area contributed by atoms with Crippen molar-refractivity contribution in [1.29, 1.82) is 0 Å². The quantitative estimate of drug-likeness (QED) is 0.790. The lowest BCUT2D eigenvalue weighted by Crippen LogP contribution is -2.32. The maximum absolute atomic E-state index is 11.8. The van der Waals surface area contributed by atoms with Crippen molar-refractivity contribution in [2.45, 2.75) is 12.8 Å². The van der Waals surface area contributed by atoms with Crippen molar-refractivity contribution in [1.82, 2.24) is 10.2 Å². The number of carbonyl (C=O) groups is 1. The first-order valence-corrected chi connectivity index (χ1v) is 7.60. The second-order valence-electron chi connectivity index (χ2n) is 5.70. The van der Waals surface area contributed by atoms with Crippen LogP contribution in [-0.4, -0.2) is 44.0 Å². The number of benzene rings is 1. The second-order valence-corrected chi connectivity index (χ2v) is 5.70. The van der Waals surface area contributed by atoms with Gasteiger partial charge in [-0.05, 0) is 63.2 Å². The fraction of sp³-hybridized carbons (Fsp3) is 0.471. The number of rotatable bonds is 6. The van der Waals surface area contributed by atoms with Crippen LogP contribution in [0.5, 0.6) is 0 Å². The summed E-state index contributed by atoms with van der Waals surface area (Å²) in [4.78, 5) is 14.1. The minimum atomic E-state index is -0.0585. The molecule has 1 aromatic carbocycles. The molecule has 0 radical (unpaired) electrons. The molecule has 4 nitrogen and oxygen atoms in total. The predicted octanol–water partition coefficient (Wildman–Crippen LogP) is 2.36. The number of carbonyl (C=O) groups excluding carboxylic acids is 1. The fourth-order valence-electron chi connectivity index (χ4n) is 2.53. The standard InChI is InChI=1S/C17H25N3O/c1-3-10-18-17(21)15-4-6-16(7-5-15)19-13-14-8-11-20(2)12-9-14/h3-7,14,19H,1,8-13H2,2H3,(H,18,21). The van der Waals surface area contributed by atoms with Crippen molar-refractivity contribution in [2.75, 3.05) is 38.5 Å². The third-order valence-electron chi connectivity index (χ3n) is 3.99. The first-order valence-electron chi connectivity index (χ1n) is 7.60. The molecule has 0 unspecified atom stereocenters. The van der Waals surface area contributed by atoms with E-state index in [0.29, 0.717) is 12.1 Å². The van der Waals surface area contributed by atoms with Crippen LogP contribution in [0.2, 0.25) is 0 Å². The summed E-state index contributed by atoms with van der Waals surface area (Å²) in [6, 6.07) is 7.65. The van der Waals surface area contributed by atoms with E-state index >= 15 is 0 Å². The van der Waals surface area contributed by atoms with Crippen molar-refractivity contribution in [3.05, 3.63) is 42.5 Å². The Hall–Kier alpha value is -1.81. The third-order valence-corrected chi connectivity index (χ3v) is 3.99. The van der Waals surface area contributed by atoms with E-state index in [1.807, 2.05) is 24.3 Å². The Balaban J connectivity index is 1.79. The molecule has 1 aliphatic heterocycles. The van der Waals surface area contributed by atoms with Crippen molar-refractivity contribution in [3.8, 4) is 0 Å². The highest BCUT2D eigenvalue weighted by Crippen LogP contribution is 2.17. The van der Waals surface area contributed by atoms with Gasteiger partial charge in [0.1, 0.15) is 0 Å². The molecule has 2 rings (SSSR count). The smallest absolute Gasteiger partial charge is 0.251 e.